The Morgan fingerprint density at radius 2 is 1.74 bits per heavy atom. The molecule has 7 unspecified atom stereocenters. The first-order valence-corrected chi connectivity index (χ1v) is 13.6. The fraction of sp³-hybridized carbons (Fsp3) is 0.964. The van der Waals surface area contributed by atoms with Gasteiger partial charge < -0.3 is 9.64 Å². The minimum absolute atomic E-state index is 0.202. The van der Waals surface area contributed by atoms with E-state index in [0.29, 0.717) is 23.4 Å². The van der Waals surface area contributed by atoms with Crippen LogP contribution in [0, 0.1) is 52.3 Å². The molecule has 0 bridgehead atoms. The highest BCUT2D eigenvalue weighted by molar-refractivity contribution is 5.66. The minimum atomic E-state index is -0.202. The fourth-order valence-electron chi connectivity index (χ4n) is 9.66. The molecule has 3 nitrogen and oxygen atoms in total. The molecular formula is C28H49NO2. The van der Waals surface area contributed by atoms with Crippen molar-refractivity contribution in [3.63, 3.8) is 0 Å². The molecule has 0 N–H and O–H groups in total. The minimum Gasteiger partial charge on any atom is -0.449 e. The Labute approximate surface area is 192 Å². The van der Waals surface area contributed by atoms with Crippen LogP contribution in [0.15, 0.2) is 0 Å². The summed E-state index contributed by atoms with van der Waals surface area (Å²) in [6.45, 7) is 10.8. The Kier molecular flexibility index (Phi) is 6.73. The van der Waals surface area contributed by atoms with Crippen LogP contribution in [0.5, 0.6) is 0 Å². The Hall–Kier alpha value is -0.730. The molecule has 31 heavy (non-hydrogen) atoms. The molecule has 4 aliphatic carbocycles. The van der Waals surface area contributed by atoms with Gasteiger partial charge in [-0.15, -0.1) is 0 Å². The number of carbonyl (C=O) groups is 1. The third kappa shape index (κ3) is 3.95. The topological polar surface area (TPSA) is 29.5 Å². The molecule has 1 amide bonds. The van der Waals surface area contributed by atoms with Crippen LogP contribution in [0.4, 0.5) is 4.79 Å². The molecule has 178 valence electrons. The summed E-state index contributed by atoms with van der Waals surface area (Å²) in [7, 11) is 3.52. The Balaban J connectivity index is 1.47. The molecule has 4 fully saturated rings. The number of fused-ring (bicyclic) bond motifs is 5. The molecule has 4 rings (SSSR count). The van der Waals surface area contributed by atoms with Crippen LogP contribution in [-0.2, 0) is 4.74 Å². The van der Waals surface area contributed by atoms with E-state index in [9.17, 15) is 4.79 Å². The maximum absolute atomic E-state index is 11.8. The van der Waals surface area contributed by atoms with E-state index in [1.807, 2.05) is 0 Å². The van der Waals surface area contributed by atoms with Crippen LogP contribution in [0.1, 0.15) is 98.3 Å². The lowest BCUT2D eigenvalue weighted by atomic mass is 9.42. The first kappa shape index (κ1) is 23.4. The standard InChI is InChI=1S/C28H49NO2/c1-7-20-18-21-24-12-11-22(19(2)14-17-31-26(30)29(5)6)28(24,4)16-13-25(21)27(3)15-9-8-10-23(20)27/h19-25H,7-18H2,1-6H3/t19?,20-,21?,22?,23?,24?,25-,27?,28?/m0/s1. The van der Waals surface area contributed by atoms with Crippen molar-refractivity contribution in [1.29, 1.82) is 0 Å². The van der Waals surface area contributed by atoms with E-state index in [-0.39, 0.29) is 6.09 Å². The second-order valence-corrected chi connectivity index (χ2v) is 12.6. The summed E-state index contributed by atoms with van der Waals surface area (Å²) < 4.78 is 5.48. The van der Waals surface area contributed by atoms with Gasteiger partial charge in [-0.1, -0.05) is 47.0 Å². The molecule has 0 aromatic carbocycles. The summed E-state index contributed by atoms with van der Waals surface area (Å²) in [5.41, 5.74) is 1.12. The lowest BCUT2D eigenvalue weighted by molar-refractivity contribution is -0.138. The average Bonchev–Trinajstić information content (AvgIpc) is 3.09. The third-order valence-corrected chi connectivity index (χ3v) is 11.2. The number of hydrogen-bond donors (Lipinski definition) is 0. The van der Waals surface area contributed by atoms with Crippen molar-refractivity contribution >= 4 is 6.09 Å². The molecule has 0 heterocycles. The first-order chi connectivity index (χ1) is 14.7. The lowest BCUT2D eigenvalue weighted by Gasteiger charge is -2.63. The van der Waals surface area contributed by atoms with E-state index in [0.717, 1.165) is 41.9 Å². The van der Waals surface area contributed by atoms with Crippen molar-refractivity contribution in [1.82, 2.24) is 4.90 Å². The quantitative estimate of drug-likeness (QED) is 0.454. The van der Waals surface area contributed by atoms with Crippen LogP contribution >= 0.6 is 0 Å². The van der Waals surface area contributed by atoms with Gasteiger partial charge in [-0.05, 0) is 104 Å². The molecule has 9 atom stereocenters. The highest BCUT2D eigenvalue weighted by Gasteiger charge is 2.61. The van der Waals surface area contributed by atoms with Crippen molar-refractivity contribution < 1.29 is 9.53 Å². The summed E-state index contributed by atoms with van der Waals surface area (Å²) in [6.07, 6.45) is 15.4. The van der Waals surface area contributed by atoms with Crippen LogP contribution in [0.2, 0.25) is 0 Å². The Morgan fingerprint density at radius 3 is 2.45 bits per heavy atom. The van der Waals surface area contributed by atoms with Crippen LogP contribution in [0.25, 0.3) is 0 Å². The third-order valence-electron chi connectivity index (χ3n) is 11.2. The molecule has 0 aliphatic heterocycles. The van der Waals surface area contributed by atoms with E-state index in [1.165, 1.54) is 69.1 Å². The zero-order valence-electron chi connectivity index (χ0n) is 21.3. The molecule has 0 saturated heterocycles. The number of carbonyl (C=O) groups excluding carboxylic acids is 1. The molecule has 4 aliphatic rings. The van der Waals surface area contributed by atoms with E-state index in [1.54, 1.807) is 14.1 Å². The molecule has 3 heteroatoms. The van der Waals surface area contributed by atoms with Crippen molar-refractivity contribution in [2.75, 3.05) is 20.7 Å². The van der Waals surface area contributed by atoms with E-state index in [4.69, 9.17) is 4.74 Å². The number of amides is 1. The molecule has 0 aromatic rings. The smallest absolute Gasteiger partial charge is 0.409 e. The summed E-state index contributed by atoms with van der Waals surface area (Å²) in [5.74, 6) is 6.28. The van der Waals surface area contributed by atoms with Gasteiger partial charge in [-0.2, -0.15) is 0 Å². The fourth-order valence-corrected chi connectivity index (χ4v) is 9.66. The zero-order chi connectivity index (χ0) is 22.4. The predicted molar refractivity (Wildman–Crippen MR) is 128 cm³/mol. The number of ether oxygens (including phenoxy) is 1. The molecular weight excluding hydrogens is 382 g/mol. The molecule has 4 saturated carbocycles. The Morgan fingerprint density at radius 1 is 1.00 bits per heavy atom. The molecule has 0 spiro atoms. The normalized spacial score (nSPS) is 45.2. The number of rotatable bonds is 5. The van der Waals surface area contributed by atoms with Crippen molar-refractivity contribution in [3.05, 3.63) is 0 Å². The molecule has 0 radical (unpaired) electrons. The highest BCUT2D eigenvalue weighted by atomic mass is 16.6. The summed E-state index contributed by atoms with van der Waals surface area (Å²) in [5, 5.41) is 0. The largest absolute Gasteiger partial charge is 0.449 e. The van der Waals surface area contributed by atoms with E-state index < -0.39 is 0 Å². The van der Waals surface area contributed by atoms with Gasteiger partial charge in [0.25, 0.3) is 0 Å². The number of hydrogen-bond acceptors (Lipinski definition) is 2. The highest BCUT2D eigenvalue weighted by Crippen LogP contribution is 2.69. The Bertz CT molecular complexity index is 647. The SMILES string of the molecule is CC[C@H]1CC2C3CCC(C(C)CCOC(=O)N(C)C)C3(C)CC[C@@H]2C2(C)CCCCC12. The van der Waals surface area contributed by atoms with Gasteiger partial charge in [0.2, 0.25) is 0 Å². The summed E-state index contributed by atoms with van der Waals surface area (Å²) in [6, 6.07) is 0. The first-order valence-electron chi connectivity index (χ1n) is 13.6. The van der Waals surface area contributed by atoms with Crippen LogP contribution in [0.3, 0.4) is 0 Å². The maximum atomic E-state index is 11.8. The predicted octanol–water partition coefficient (Wildman–Crippen LogP) is 7.40. The van der Waals surface area contributed by atoms with Gasteiger partial charge in [0.05, 0.1) is 6.61 Å². The van der Waals surface area contributed by atoms with Crippen molar-refractivity contribution in [2.45, 2.75) is 98.3 Å². The number of nitrogens with zero attached hydrogens (tertiary/aromatic N) is 1. The average molecular weight is 432 g/mol. The van der Waals surface area contributed by atoms with Gasteiger partial charge >= 0.3 is 6.09 Å². The van der Waals surface area contributed by atoms with Gasteiger partial charge in [0.1, 0.15) is 0 Å². The van der Waals surface area contributed by atoms with Gasteiger partial charge in [-0.3, -0.25) is 0 Å². The van der Waals surface area contributed by atoms with Gasteiger partial charge in [0.15, 0.2) is 0 Å². The maximum Gasteiger partial charge on any atom is 0.409 e. The zero-order valence-corrected chi connectivity index (χ0v) is 21.3. The summed E-state index contributed by atoms with van der Waals surface area (Å²) in [4.78, 5) is 13.3. The lowest BCUT2D eigenvalue weighted by Crippen LogP contribution is -2.55. The van der Waals surface area contributed by atoms with Crippen LogP contribution < -0.4 is 0 Å². The van der Waals surface area contributed by atoms with Crippen LogP contribution in [-0.4, -0.2) is 31.7 Å². The monoisotopic (exact) mass is 431 g/mol. The summed E-state index contributed by atoms with van der Waals surface area (Å²) >= 11 is 0. The molecule has 0 aromatic heterocycles. The van der Waals surface area contributed by atoms with Gasteiger partial charge in [0, 0.05) is 14.1 Å². The van der Waals surface area contributed by atoms with Crippen molar-refractivity contribution in [2.24, 2.45) is 52.3 Å². The van der Waals surface area contributed by atoms with E-state index in [2.05, 4.69) is 27.7 Å². The van der Waals surface area contributed by atoms with Crippen molar-refractivity contribution in [3.8, 4) is 0 Å². The van der Waals surface area contributed by atoms with Gasteiger partial charge in [-0.25, -0.2) is 4.79 Å². The van der Waals surface area contributed by atoms with E-state index >= 15 is 0 Å². The second kappa shape index (κ2) is 8.90. The second-order valence-electron chi connectivity index (χ2n) is 12.6.